The van der Waals surface area contributed by atoms with Crippen molar-refractivity contribution in [2.45, 2.75) is 33.0 Å². The summed E-state index contributed by atoms with van der Waals surface area (Å²) in [6.07, 6.45) is 3.19. The molecule has 0 saturated heterocycles. The molecule has 0 aromatic carbocycles. The fourth-order valence-electron chi connectivity index (χ4n) is 0.447. The molecule has 3 heteroatoms. The van der Waals surface area contributed by atoms with Gasteiger partial charge in [0.2, 0.25) is 8.32 Å². The van der Waals surface area contributed by atoms with Gasteiger partial charge in [-0.05, 0) is 26.1 Å². The van der Waals surface area contributed by atoms with Gasteiger partial charge in [0, 0.05) is 5.57 Å². The van der Waals surface area contributed by atoms with E-state index in [2.05, 4.69) is 19.6 Å². The maximum absolute atomic E-state index is 10.3. The lowest BCUT2D eigenvalue weighted by Gasteiger charge is -2.15. The third kappa shape index (κ3) is 5.85. The maximum Gasteiger partial charge on any atom is 0.241 e. The first-order chi connectivity index (χ1) is 4.99. The zero-order valence-electron chi connectivity index (χ0n) is 7.68. The van der Waals surface area contributed by atoms with Crippen LogP contribution >= 0.6 is 0 Å². The average Bonchev–Trinajstić information content (AvgIpc) is 1.88. The van der Waals surface area contributed by atoms with Gasteiger partial charge in [-0.1, -0.05) is 6.92 Å². The van der Waals surface area contributed by atoms with E-state index in [-0.39, 0.29) is 0 Å². The zero-order chi connectivity index (χ0) is 8.91. The van der Waals surface area contributed by atoms with Crippen LogP contribution in [0.25, 0.3) is 0 Å². The molecule has 0 saturated carbocycles. The third-order valence-corrected chi connectivity index (χ3v) is 1.95. The average molecular weight is 172 g/mol. The molecular weight excluding hydrogens is 156 g/mol. The highest BCUT2D eigenvalue weighted by Gasteiger charge is 2.13. The summed E-state index contributed by atoms with van der Waals surface area (Å²) in [6.45, 7) is 8.19. The molecule has 0 heterocycles. The molecule has 0 fully saturated rings. The second kappa shape index (κ2) is 4.33. The van der Waals surface area contributed by atoms with Crippen molar-refractivity contribution in [3.05, 3.63) is 11.8 Å². The Bertz CT molecular complexity index is 156. The Balaban J connectivity index is 3.99. The predicted molar refractivity (Wildman–Crippen MR) is 48.9 cm³/mol. The molecule has 0 bridgehead atoms. The van der Waals surface area contributed by atoms with Crippen molar-refractivity contribution < 1.29 is 9.22 Å². The molecule has 0 aromatic heterocycles. The van der Waals surface area contributed by atoms with E-state index in [1.54, 1.807) is 6.26 Å². The molecule has 0 radical (unpaired) electrons. The highest BCUT2D eigenvalue weighted by molar-refractivity contribution is 6.69. The quantitative estimate of drug-likeness (QED) is 0.281. The van der Waals surface area contributed by atoms with Crippen molar-refractivity contribution in [3.63, 3.8) is 0 Å². The monoisotopic (exact) mass is 172 g/mol. The third-order valence-electron chi connectivity index (χ3n) is 1.12. The summed E-state index contributed by atoms with van der Waals surface area (Å²) in [7, 11) is -1.49. The van der Waals surface area contributed by atoms with Crippen molar-refractivity contribution in [3.8, 4) is 0 Å². The van der Waals surface area contributed by atoms with Crippen molar-refractivity contribution in [2.75, 3.05) is 0 Å². The summed E-state index contributed by atoms with van der Waals surface area (Å²) in [5, 5.41) is 0. The molecule has 0 aromatic rings. The normalized spacial score (nSPS) is 12.9. The van der Waals surface area contributed by atoms with Crippen LogP contribution in [0.3, 0.4) is 0 Å². The van der Waals surface area contributed by atoms with Gasteiger partial charge in [0.15, 0.2) is 0 Å². The van der Waals surface area contributed by atoms with Crippen LogP contribution in [0.5, 0.6) is 0 Å². The van der Waals surface area contributed by atoms with Crippen molar-refractivity contribution in [2.24, 2.45) is 0 Å². The smallest absolute Gasteiger partial charge is 0.241 e. The Morgan fingerprint density at radius 1 is 1.45 bits per heavy atom. The minimum atomic E-state index is -1.49. The molecule has 0 aliphatic heterocycles. The van der Waals surface area contributed by atoms with Crippen LogP contribution in [0.15, 0.2) is 11.8 Å². The van der Waals surface area contributed by atoms with Gasteiger partial charge in [-0.25, -0.2) is 0 Å². The van der Waals surface area contributed by atoms with Gasteiger partial charge >= 0.3 is 0 Å². The van der Waals surface area contributed by atoms with Gasteiger partial charge in [0.25, 0.3) is 0 Å². The maximum atomic E-state index is 10.3. The number of hydrogen-bond acceptors (Lipinski definition) is 2. The summed E-state index contributed by atoms with van der Waals surface area (Å²) in [4.78, 5) is 10.3. The van der Waals surface area contributed by atoms with E-state index in [1.165, 1.54) is 0 Å². The number of allylic oxidation sites excluding steroid dienone is 1. The van der Waals surface area contributed by atoms with Crippen LogP contribution in [-0.2, 0) is 9.22 Å². The Hall–Kier alpha value is -0.573. The lowest BCUT2D eigenvalue weighted by atomic mass is 10.3. The summed E-state index contributed by atoms with van der Waals surface area (Å²) < 4.78 is 5.42. The van der Waals surface area contributed by atoms with E-state index in [0.29, 0.717) is 0 Å². The Kier molecular flexibility index (Phi) is 4.11. The van der Waals surface area contributed by atoms with Gasteiger partial charge in [-0.15, -0.1) is 0 Å². The van der Waals surface area contributed by atoms with Crippen molar-refractivity contribution in [1.29, 1.82) is 0 Å². The molecule has 0 spiro atoms. The van der Waals surface area contributed by atoms with Gasteiger partial charge in [-0.3, -0.25) is 4.79 Å². The molecule has 0 amide bonds. The first-order valence-corrected chi connectivity index (χ1v) is 7.22. The molecule has 0 rings (SSSR count). The van der Waals surface area contributed by atoms with Crippen LogP contribution in [-0.4, -0.2) is 14.6 Å². The van der Waals surface area contributed by atoms with Gasteiger partial charge < -0.3 is 4.43 Å². The van der Waals surface area contributed by atoms with Crippen LogP contribution in [0.4, 0.5) is 0 Å². The summed E-state index contributed by atoms with van der Waals surface area (Å²) in [5.74, 6) is 0. The summed E-state index contributed by atoms with van der Waals surface area (Å²) in [6, 6.07) is 0. The van der Waals surface area contributed by atoms with E-state index in [4.69, 9.17) is 4.43 Å². The lowest BCUT2D eigenvalue weighted by Crippen LogP contribution is -2.22. The first-order valence-electron chi connectivity index (χ1n) is 3.81. The number of hydrogen-bond donors (Lipinski definition) is 0. The van der Waals surface area contributed by atoms with E-state index < -0.39 is 8.32 Å². The second-order valence-corrected chi connectivity index (χ2v) is 7.85. The second-order valence-electron chi connectivity index (χ2n) is 3.39. The fraction of sp³-hybridized carbons (Fsp3) is 0.625. The van der Waals surface area contributed by atoms with Gasteiger partial charge in [0.1, 0.15) is 6.29 Å². The SMILES string of the molecule is CCC(C=O)=CO[Si](C)(C)C. The number of aldehydes is 1. The van der Waals surface area contributed by atoms with Crippen LogP contribution in [0.2, 0.25) is 19.6 Å². The van der Waals surface area contributed by atoms with Crippen molar-refractivity contribution >= 4 is 14.6 Å². The number of carbonyl (C=O) groups is 1. The summed E-state index contributed by atoms with van der Waals surface area (Å²) >= 11 is 0. The molecule has 0 unspecified atom stereocenters. The fourth-order valence-corrected chi connectivity index (χ4v) is 0.952. The van der Waals surface area contributed by atoms with Crippen LogP contribution < -0.4 is 0 Å². The number of rotatable bonds is 4. The molecule has 64 valence electrons. The van der Waals surface area contributed by atoms with E-state index >= 15 is 0 Å². The topological polar surface area (TPSA) is 26.3 Å². The molecule has 0 aliphatic carbocycles. The minimum Gasteiger partial charge on any atom is -0.549 e. The standard InChI is InChI=1S/C8H16O2Si/c1-5-8(6-9)7-10-11(2,3)4/h6-7H,5H2,1-4H3. The summed E-state index contributed by atoms with van der Waals surface area (Å²) in [5.41, 5.74) is 0.729. The van der Waals surface area contributed by atoms with E-state index in [9.17, 15) is 4.79 Å². The molecule has 0 atom stereocenters. The molecule has 0 aliphatic rings. The Labute approximate surface area is 69.4 Å². The zero-order valence-corrected chi connectivity index (χ0v) is 8.68. The van der Waals surface area contributed by atoms with Gasteiger partial charge in [0.05, 0.1) is 6.26 Å². The first kappa shape index (κ1) is 10.4. The predicted octanol–water partition coefficient (Wildman–Crippen LogP) is 2.33. The Morgan fingerprint density at radius 3 is 2.27 bits per heavy atom. The van der Waals surface area contributed by atoms with Crippen LogP contribution in [0, 0.1) is 0 Å². The largest absolute Gasteiger partial charge is 0.549 e. The molecule has 0 N–H and O–H groups in total. The van der Waals surface area contributed by atoms with E-state index in [0.717, 1.165) is 18.3 Å². The highest BCUT2D eigenvalue weighted by Crippen LogP contribution is 2.05. The number of carbonyl (C=O) groups excluding carboxylic acids is 1. The van der Waals surface area contributed by atoms with Gasteiger partial charge in [-0.2, -0.15) is 0 Å². The Morgan fingerprint density at radius 2 is 2.00 bits per heavy atom. The molecule has 2 nitrogen and oxygen atoms in total. The lowest BCUT2D eigenvalue weighted by molar-refractivity contribution is -0.105. The van der Waals surface area contributed by atoms with Crippen LogP contribution in [0.1, 0.15) is 13.3 Å². The highest BCUT2D eigenvalue weighted by atomic mass is 28.4. The van der Waals surface area contributed by atoms with Crippen molar-refractivity contribution in [1.82, 2.24) is 0 Å². The molecule has 11 heavy (non-hydrogen) atoms. The molecular formula is C8H16O2Si. The van der Waals surface area contributed by atoms with E-state index in [1.807, 2.05) is 6.92 Å². The minimum absolute atomic E-state index is 0.729.